The van der Waals surface area contributed by atoms with Crippen molar-refractivity contribution in [3.8, 4) is 22.6 Å². The standard InChI is InChI=1S/C22H28N3/c1-16-18(8-7-9-19(16)21-23-11-13-25(21)6)20-14-17(10-12-24(20)5)15-22(2,3)4/h7-14H,15H2,1-6H3/q+1. The van der Waals surface area contributed by atoms with Gasteiger partial charge in [0.2, 0.25) is 5.69 Å². The second-order valence-corrected chi connectivity index (χ2v) is 8.11. The van der Waals surface area contributed by atoms with Crippen LogP contribution in [0.5, 0.6) is 0 Å². The summed E-state index contributed by atoms with van der Waals surface area (Å²) in [6.45, 7) is 9.04. The van der Waals surface area contributed by atoms with Crippen LogP contribution in [0, 0.1) is 12.3 Å². The number of hydrogen-bond donors (Lipinski definition) is 0. The highest BCUT2D eigenvalue weighted by molar-refractivity contribution is 5.73. The van der Waals surface area contributed by atoms with Crippen molar-refractivity contribution in [3.05, 3.63) is 60.0 Å². The predicted molar refractivity (Wildman–Crippen MR) is 103 cm³/mol. The Morgan fingerprint density at radius 1 is 1.12 bits per heavy atom. The number of hydrogen-bond acceptors (Lipinski definition) is 1. The van der Waals surface area contributed by atoms with Gasteiger partial charge in [-0.1, -0.05) is 32.9 Å². The third-order valence-electron chi connectivity index (χ3n) is 4.62. The number of nitrogens with zero attached hydrogens (tertiary/aromatic N) is 3. The third kappa shape index (κ3) is 3.65. The van der Waals surface area contributed by atoms with Crippen LogP contribution < -0.4 is 4.57 Å². The molecule has 0 aliphatic rings. The Bertz CT molecular complexity index is 898. The van der Waals surface area contributed by atoms with Crippen molar-refractivity contribution in [1.29, 1.82) is 0 Å². The molecule has 0 aliphatic heterocycles. The SMILES string of the molecule is Cc1c(-c2nccn2C)cccc1-c1cc(CC(C)(C)C)cc[n+]1C. The van der Waals surface area contributed by atoms with Crippen LogP contribution in [0.3, 0.4) is 0 Å². The lowest BCUT2D eigenvalue weighted by Crippen LogP contribution is -2.31. The molecule has 3 heteroatoms. The van der Waals surface area contributed by atoms with E-state index in [1.165, 1.54) is 27.9 Å². The highest BCUT2D eigenvalue weighted by atomic mass is 15.0. The van der Waals surface area contributed by atoms with E-state index in [-0.39, 0.29) is 5.41 Å². The second kappa shape index (κ2) is 6.47. The van der Waals surface area contributed by atoms with E-state index in [1.54, 1.807) is 0 Å². The molecular weight excluding hydrogens is 306 g/mol. The maximum Gasteiger partial charge on any atom is 0.212 e. The second-order valence-electron chi connectivity index (χ2n) is 8.11. The highest BCUT2D eigenvalue weighted by Crippen LogP contribution is 2.30. The van der Waals surface area contributed by atoms with Crippen LogP contribution in [0.2, 0.25) is 0 Å². The molecular formula is C22H28N3+. The van der Waals surface area contributed by atoms with E-state index in [2.05, 4.69) is 85.4 Å². The monoisotopic (exact) mass is 334 g/mol. The smallest absolute Gasteiger partial charge is 0.212 e. The van der Waals surface area contributed by atoms with E-state index in [9.17, 15) is 0 Å². The molecule has 0 bridgehead atoms. The lowest BCUT2D eigenvalue weighted by molar-refractivity contribution is -0.660. The van der Waals surface area contributed by atoms with Crippen molar-refractivity contribution in [2.24, 2.45) is 19.5 Å². The van der Waals surface area contributed by atoms with Crippen molar-refractivity contribution < 1.29 is 4.57 Å². The average molecular weight is 334 g/mol. The van der Waals surface area contributed by atoms with Crippen molar-refractivity contribution >= 4 is 0 Å². The molecule has 25 heavy (non-hydrogen) atoms. The van der Waals surface area contributed by atoms with Gasteiger partial charge in [0, 0.05) is 42.7 Å². The lowest BCUT2D eigenvalue weighted by atomic mass is 9.87. The molecule has 3 rings (SSSR count). The fourth-order valence-corrected chi connectivity index (χ4v) is 3.38. The zero-order valence-electron chi connectivity index (χ0n) is 16.2. The van der Waals surface area contributed by atoms with E-state index >= 15 is 0 Å². The molecule has 0 unspecified atom stereocenters. The van der Waals surface area contributed by atoms with Crippen LogP contribution in [0.25, 0.3) is 22.6 Å². The van der Waals surface area contributed by atoms with Gasteiger partial charge in [0.15, 0.2) is 6.20 Å². The van der Waals surface area contributed by atoms with Crippen LogP contribution in [0.15, 0.2) is 48.9 Å². The fraction of sp³-hybridized carbons (Fsp3) is 0.364. The Morgan fingerprint density at radius 3 is 2.48 bits per heavy atom. The first-order valence-corrected chi connectivity index (χ1v) is 8.82. The minimum atomic E-state index is 0.279. The molecule has 0 N–H and O–H groups in total. The molecule has 2 aromatic heterocycles. The number of imidazole rings is 1. The predicted octanol–water partition coefficient (Wildman–Crippen LogP) is 4.48. The first kappa shape index (κ1) is 17.4. The number of benzene rings is 1. The Hall–Kier alpha value is -2.42. The van der Waals surface area contributed by atoms with Crippen molar-refractivity contribution in [3.63, 3.8) is 0 Å². The molecule has 0 fully saturated rings. The van der Waals surface area contributed by atoms with E-state index < -0.39 is 0 Å². The van der Waals surface area contributed by atoms with Crippen LogP contribution in [-0.4, -0.2) is 9.55 Å². The van der Waals surface area contributed by atoms with E-state index in [0.717, 1.165) is 12.2 Å². The molecule has 2 heterocycles. The number of pyridine rings is 1. The zero-order valence-corrected chi connectivity index (χ0v) is 16.2. The molecule has 0 saturated heterocycles. The molecule has 1 aromatic carbocycles. The van der Waals surface area contributed by atoms with Gasteiger partial charge < -0.3 is 4.57 Å². The first-order chi connectivity index (χ1) is 11.8. The molecule has 0 atom stereocenters. The van der Waals surface area contributed by atoms with Crippen LogP contribution >= 0.6 is 0 Å². The Morgan fingerprint density at radius 2 is 1.84 bits per heavy atom. The molecule has 130 valence electrons. The summed E-state index contributed by atoms with van der Waals surface area (Å²) in [6, 6.07) is 11.0. The van der Waals surface area contributed by atoms with Gasteiger partial charge in [0.25, 0.3) is 0 Å². The number of aryl methyl sites for hydroxylation is 2. The van der Waals surface area contributed by atoms with Gasteiger partial charge in [-0.2, -0.15) is 0 Å². The number of aromatic nitrogens is 3. The molecule has 0 amide bonds. The fourth-order valence-electron chi connectivity index (χ4n) is 3.38. The quantitative estimate of drug-likeness (QED) is 0.647. The minimum absolute atomic E-state index is 0.279. The Kier molecular flexibility index (Phi) is 4.51. The summed E-state index contributed by atoms with van der Waals surface area (Å²) in [5.74, 6) is 1.01. The van der Waals surface area contributed by atoms with Crippen molar-refractivity contribution in [1.82, 2.24) is 9.55 Å². The first-order valence-electron chi connectivity index (χ1n) is 8.82. The summed E-state index contributed by atoms with van der Waals surface area (Å²) in [5, 5.41) is 0. The average Bonchev–Trinajstić information content (AvgIpc) is 2.94. The maximum atomic E-state index is 4.53. The summed E-state index contributed by atoms with van der Waals surface area (Å²) >= 11 is 0. The molecule has 0 saturated carbocycles. The van der Waals surface area contributed by atoms with Crippen molar-refractivity contribution in [2.75, 3.05) is 0 Å². The minimum Gasteiger partial charge on any atom is -0.334 e. The van der Waals surface area contributed by atoms with Gasteiger partial charge in [-0.25, -0.2) is 9.55 Å². The third-order valence-corrected chi connectivity index (χ3v) is 4.62. The van der Waals surface area contributed by atoms with Gasteiger partial charge in [-0.15, -0.1) is 0 Å². The lowest BCUT2D eigenvalue weighted by Gasteiger charge is -2.18. The Balaban J connectivity index is 2.11. The van der Waals surface area contributed by atoms with E-state index in [1.807, 2.05) is 19.4 Å². The molecule has 0 spiro atoms. The Labute approximate surface area is 151 Å². The van der Waals surface area contributed by atoms with Crippen LogP contribution in [0.4, 0.5) is 0 Å². The van der Waals surface area contributed by atoms with Crippen LogP contribution in [0.1, 0.15) is 31.9 Å². The van der Waals surface area contributed by atoms with E-state index in [4.69, 9.17) is 0 Å². The van der Waals surface area contributed by atoms with Gasteiger partial charge in [-0.3, -0.25) is 0 Å². The van der Waals surface area contributed by atoms with Gasteiger partial charge in [0.05, 0.1) is 0 Å². The normalized spacial score (nSPS) is 11.8. The van der Waals surface area contributed by atoms with E-state index in [0.29, 0.717) is 0 Å². The maximum absolute atomic E-state index is 4.53. The summed E-state index contributed by atoms with van der Waals surface area (Å²) in [5.41, 5.74) is 6.61. The summed E-state index contributed by atoms with van der Waals surface area (Å²) in [7, 11) is 4.15. The van der Waals surface area contributed by atoms with Crippen molar-refractivity contribution in [2.45, 2.75) is 34.1 Å². The zero-order chi connectivity index (χ0) is 18.2. The molecule has 0 aliphatic carbocycles. The van der Waals surface area contributed by atoms with Gasteiger partial charge in [-0.05, 0) is 36.0 Å². The molecule has 0 radical (unpaired) electrons. The molecule has 3 nitrogen and oxygen atoms in total. The van der Waals surface area contributed by atoms with Crippen LogP contribution in [-0.2, 0) is 20.5 Å². The highest BCUT2D eigenvalue weighted by Gasteiger charge is 2.19. The summed E-state index contributed by atoms with van der Waals surface area (Å²) in [6.07, 6.45) is 7.08. The topological polar surface area (TPSA) is 21.7 Å². The largest absolute Gasteiger partial charge is 0.334 e. The van der Waals surface area contributed by atoms with Gasteiger partial charge >= 0.3 is 0 Å². The summed E-state index contributed by atoms with van der Waals surface area (Å²) in [4.78, 5) is 4.53. The molecule has 3 aromatic rings. The van der Waals surface area contributed by atoms with Gasteiger partial charge in [0.1, 0.15) is 12.9 Å². The number of rotatable bonds is 3. The summed E-state index contributed by atoms with van der Waals surface area (Å²) < 4.78 is 4.28.